The topological polar surface area (TPSA) is 66.5 Å². The van der Waals surface area contributed by atoms with Crippen molar-refractivity contribution in [3.8, 4) is 0 Å². The highest BCUT2D eigenvalue weighted by molar-refractivity contribution is 9.10. The van der Waals surface area contributed by atoms with E-state index < -0.39 is 22.0 Å². The molecule has 1 atom stereocenters. The Bertz CT molecular complexity index is 856. The molecular formula is C17H18BrClN2O3S. The minimum Gasteiger partial charge on any atom is -0.324 e. The lowest BCUT2D eigenvalue weighted by molar-refractivity contribution is -0.117. The lowest BCUT2D eigenvalue weighted by Crippen LogP contribution is -2.47. The molecular weight excluding hydrogens is 428 g/mol. The van der Waals surface area contributed by atoms with Gasteiger partial charge in [0.25, 0.3) is 0 Å². The number of nitrogens with zero attached hydrogens (tertiary/aromatic N) is 1. The van der Waals surface area contributed by atoms with E-state index >= 15 is 0 Å². The van der Waals surface area contributed by atoms with Gasteiger partial charge < -0.3 is 5.32 Å². The molecule has 134 valence electrons. The Hall–Kier alpha value is -1.57. The van der Waals surface area contributed by atoms with E-state index in [9.17, 15) is 13.2 Å². The van der Waals surface area contributed by atoms with Crippen LogP contribution in [-0.2, 0) is 14.8 Å². The fourth-order valence-corrected chi connectivity index (χ4v) is 4.08. The van der Waals surface area contributed by atoms with Crippen molar-refractivity contribution >= 4 is 54.8 Å². The van der Waals surface area contributed by atoms with Gasteiger partial charge in [0, 0.05) is 15.2 Å². The van der Waals surface area contributed by atoms with Crippen LogP contribution >= 0.6 is 27.5 Å². The molecule has 1 N–H and O–H groups in total. The van der Waals surface area contributed by atoms with Crippen LogP contribution in [0.15, 0.2) is 53.0 Å². The van der Waals surface area contributed by atoms with E-state index in [1.807, 2.05) is 0 Å². The largest absolute Gasteiger partial charge is 0.324 e. The lowest BCUT2D eigenvalue weighted by Gasteiger charge is -2.30. The van der Waals surface area contributed by atoms with Crippen molar-refractivity contribution in [1.82, 2.24) is 0 Å². The van der Waals surface area contributed by atoms with Gasteiger partial charge in [-0.1, -0.05) is 40.5 Å². The number of hydrogen-bond acceptors (Lipinski definition) is 3. The molecule has 0 aliphatic carbocycles. The maximum Gasteiger partial charge on any atom is 0.248 e. The van der Waals surface area contributed by atoms with E-state index in [2.05, 4.69) is 21.2 Å². The van der Waals surface area contributed by atoms with E-state index in [1.165, 1.54) is 6.07 Å². The summed E-state index contributed by atoms with van der Waals surface area (Å²) in [6.07, 6.45) is 1.38. The average Bonchev–Trinajstić information content (AvgIpc) is 2.53. The van der Waals surface area contributed by atoms with Gasteiger partial charge in [-0.25, -0.2) is 8.42 Å². The molecule has 0 radical (unpaired) electrons. The summed E-state index contributed by atoms with van der Waals surface area (Å²) in [5, 5.41) is 3.16. The number of carbonyl (C=O) groups is 1. The molecule has 0 aliphatic rings. The van der Waals surface area contributed by atoms with Crippen LogP contribution in [0.3, 0.4) is 0 Å². The molecule has 0 bridgehead atoms. The number of nitrogens with one attached hydrogen (secondary N) is 1. The third-order valence-electron chi connectivity index (χ3n) is 3.50. The summed E-state index contributed by atoms with van der Waals surface area (Å²) in [5.41, 5.74) is 0.944. The average molecular weight is 446 g/mol. The van der Waals surface area contributed by atoms with Crippen molar-refractivity contribution in [3.63, 3.8) is 0 Å². The van der Waals surface area contributed by atoms with Crippen LogP contribution in [0.5, 0.6) is 0 Å². The summed E-state index contributed by atoms with van der Waals surface area (Å²) in [4.78, 5) is 12.7. The quantitative estimate of drug-likeness (QED) is 0.721. The molecule has 2 rings (SSSR count). The molecule has 0 heterocycles. The summed E-state index contributed by atoms with van der Waals surface area (Å²) < 4.78 is 26.7. The van der Waals surface area contributed by atoms with Crippen LogP contribution in [0.1, 0.15) is 13.3 Å². The summed E-state index contributed by atoms with van der Waals surface area (Å²) >= 11 is 9.31. The second kappa shape index (κ2) is 8.21. The highest BCUT2D eigenvalue weighted by atomic mass is 79.9. The Balaban J connectivity index is 2.36. The summed E-state index contributed by atoms with van der Waals surface area (Å²) in [6, 6.07) is 12.6. The maximum absolute atomic E-state index is 12.7. The molecule has 2 aromatic carbocycles. The van der Waals surface area contributed by atoms with Gasteiger partial charge in [0.1, 0.15) is 6.04 Å². The molecule has 8 heteroatoms. The number of amides is 1. The van der Waals surface area contributed by atoms with Crippen molar-refractivity contribution in [2.24, 2.45) is 0 Å². The third kappa shape index (κ3) is 5.20. The third-order valence-corrected chi connectivity index (χ3v) is 5.45. The van der Waals surface area contributed by atoms with Crippen LogP contribution in [0.2, 0.25) is 5.02 Å². The van der Waals surface area contributed by atoms with Crippen molar-refractivity contribution in [3.05, 3.63) is 58.0 Å². The van der Waals surface area contributed by atoms with E-state index in [0.717, 1.165) is 15.0 Å². The van der Waals surface area contributed by atoms with Crippen LogP contribution in [0.25, 0.3) is 0 Å². The van der Waals surface area contributed by atoms with Gasteiger partial charge in [-0.3, -0.25) is 9.10 Å². The van der Waals surface area contributed by atoms with Crippen molar-refractivity contribution in [2.75, 3.05) is 15.9 Å². The number of benzene rings is 2. The molecule has 0 saturated carbocycles. The summed E-state index contributed by atoms with van der Waals surface area (Å²) in [5.74, 6) is -0.407. The van der Waals surface area contributed by atoms with E-state index in [4.69, 9.17) is 11.6 Å². The Labute approximate surface area is 161 Å². The van der Waals surface area contributed by atoms with Gasteiger partial charge in [0.15, 0.2) is 0 Å². The second-order valence-corrected chi connectivity index (χ2v) is 8.67. The highest BCUT2D eigenvalue weighted by Gasteiger charge is 2.31. The van der Waals surface area contributed by atoms with E-state index in [-0.39, 0.29) is 0 Å². The van der Waals surface area contributed by atoms with Crippen LogP contribution in [0, 0.1) is 0 Å². The predicted molar refractivity (Wildman–Crippen MR) is 106 cm³/mol. The van der Waals surface area contributed by atoms with E-state index in [0.29, 0.717) is 22.8 Å². The number of rotatable bonds is 6. The first-order chi connectivity index (χ1) is 11.7. The Kier molecular flexibility index (Phi) is 6.48. The molecule has 0 spiro atoms. The zero-order valence-electron chi connectivity index (χ0n) is 13.7. The predicted octanol–water partition coefficient (Wildman–Crippen LogP) is 4.29. The zero-order chi connectivity index (χ0) is 18.6. The van der Waals surface area contributed by atoms with Crippen molar-refractivity contribution < 1.29 is 13.2 Å². The molecule has 0 saturated heterocycles. The summed E-state index contributed by atoms with van der Waals surface area (Å²) in [7, 11) is -3.68. The minimum absolute atomic E-state index is 0.307. The molecule has 2 aromatic rings. The fourth-order valence-electron chi connectivity index (χ4n) is 2.43. The number of hydrogen-bond donors (Lipinski definition) is 1. The van der Waals surface area contributed by atoms with Crippen LogP contribution in [-0.4, -0.2) is 26.6 Å². The van der Waals surface area contributed by atoms with Crippen molar-refractivity contribution in [2.45, 2.75) is 19.4 Å². The zero-order valence-corrected chi connectivity index (χ0v) is 16.9. The Morgan fingerprint density at radius 2 is 1.88 bits per heavy atom. The van der Waals surface area contributed by atoms with E-state index in [1.54, 1.807) is 49.4 Å². The molecule has 1 amide bonds. The SMILES string of the molecule is CCC(C(=O)Nc1ccc(Br)cc1)N(c1cccc(Cl)c1)S(C)(=O)=O. The van der Waals surface area contributed by atoms with Gasteiger partial charge in [0.05, 0.1) is 11.9 Å². The minimum atomic E-state index is -3.68. The first-order valence-corrected chi connectivity index (χ1v) is 10.6. The second-order valence-electron chi connectivity index (χ2n) is 5.46. The molecule has 25 heavy (non-hydrogen) atoms. The smallest absolute Gasteiger partial charge is 0.248 e. The van der Waals surface area contributed by atoms with Gasteiger partial charge in [0.2, 0.25) is 15.9 Å². The standard InChI is InChI=1S/C17H18BrClN2O3S/c1-3-16(17(22)20-14-9-7-12(18)8-10-14)21(25(2,23)24)15-6-4-5-13(19)11-15/h4-11,16H,3H2,1-2H3,(H,20,22). The number of anilines is 2. The van der Waals surface area contributed by atoms with Gasteiger partial charge in [-0.15, -0.1) is 0 Å². The summed E-state index contributed by atoms with van der Waals surface area (Å²) in [6.45, 7) is 1.76. The Morgan fingerprint density at radius 1 is 1.24 bits per heavy atom. The van der Waals surface area contributed by atoms with Gasteiger partial charge in [-0.2, -0.15) is 0 Å². The molecule has 5 nitrogen and oxygen atoms in total. The molecule has 0 fully saturated rings. The van der Waals surface area contributed by atoms with Crippen LogP contribution < -0.4 is 9.62 Å². The van der Waals surface area contributed by atoms with Crippen molar-refractivity contribution in [1.29, 1.82) is 0 Å². The number of sulfonamides is 1. The highest BCUT2D eigenvalue weighted by Crippen LogP contribution is 2.26. The Morgan fingerprint density at radius 3 is 2.40 bits per heavy atom. The molecule has 1 unspecified atom stereocenters. The van der Waals surface area contributed by atoms with Gasteiger partial charge >= 0.3 is 0 Å². The monoisotopic (exact) mass is 444 g/mol. The lowest BCUT2D eigenvalue weighted by atomic mass is 10.2. The molecule has 0 aromatic heterocycles. The first-order valence-electron chi connectivity index (χ1n) is 7.53. The van der Waals surface area contributed by atoms with Gasteiger partial charge in [-0.05, 0) is 48.9 Å². The first kappa shape index (κ1) is 19.8. The maximum atomic E-state index is 12.7. The number of carbonyl (C=O) groups excluding carboxylic acids is 1. The normalized spacial score (nSPS) is 12.5. The fraction of sp³-hybridized carbons (Fsp3) is 0.235. The number of halogens is 2. The molecule has 0 aliphatic heterocycles. The van der Waals surface area contributed by atoms with Crippen LogP contribution in [0.4, 0.5) is 11.4 Å².